The van der Waals surface area contributed by atoms with Crippen LogP contribution in [0.4, 0.5) is 8.78 Å². The maximum atomic E-state index is 14.1. The zero-order valence-electron chi connectivity index (χ0n) is 11.0. The fourth-order valence-electron chi connectivity index (χ4n) is 1.67. The Labute approximate surface area is 119 Å². The zero-order chi connectivity index (χ0) is 15.5. The Bertz CT molecular complexity index is 638. The number of hydrogen-bond acceptors (Lipinski definition) is 4. The van der Waals surface area contributed by atoms with Crippen molar-refractivity contribution in [2.75, 3.05) is 7.11 Å². The number of aromatic hydroxyl groups is 1. The maximum Gasteiger partial charge on any atom is 0.426 e. The fourth-order valence-corrected chi connectivity index (χ4v) is 1.67. The molecule has 0 aliphatic rings. The molecule has 0 spiro atoms. The maximum absolute atomic E-state index is 14.1. The lowest BCUT2D eigenvalue weighted by atomic mass is 10.1. The summed E-state index contributed by atoms with van der Waals surface area (Å²) in [5, 5.41) is 9.10. The fraction of sp³-hybridized carbons (Fsp3) is 0.133. The van der Waals surface area contributed by atoms with Crippen LogP contribution in [-0.4, -0.2) is 18.2 Å². The van der Waals surface area contributed by atoms with Crippen LogP contribution < -0.4 is 4.74 Å². The molecule has 0 radical (unpaired) electrons. The van der Waals surface area contributed by atoms with E-state index < -0.39 is 17.6 Å². The van der Waals surface area contributed by atoms with Crippen molar-refractivity contribution in [1.29, 1.82) is 0 Å². The van der Waals surface area contributed by atoms with Gasteiger partial charge in [0.2, 0.25) is 0 Å². The summed E-state index contributed by atoms with van der Waals surface area (Å²) in [6.45, 7) is 0. The van der Waals surface area contributed by atoms with Crippen molar-refractivity contribution in [1.82, 2.24) is 0 Å². The molecule has 2 rings (SSSR count). The highest BCUT2D eigenvalue weighted by molar-refractivity contribution is 5.89. The van der Waals surface area contributed by atoms with Crippen LogP contribution in [0.5, 0.6) is 11.5 Å². The van der Waals surface area contributed by atoms with Crippen molar-refractivity contribution >= 4 is 5.97 Å². The zero-order valence-corrected chi connectivity index (χ0v) is 11.0. The van der Waals surface area contributed by atoms with Gasteiger partial charge >= 0.3 is 12.1 Å². The van der Waals surface area contributed by atoms with E-state index in [-0.39, 0.29) is 17.1 Å². The van der Waals surface area contributed by atoms with Gasteiger partial charge in [0.15, 0.2) is 0 Å². The number of methoxy groups -OCH3 is 1. The topological polar surface area (TPSA) is 55.8 Å². The molecule has 6 heteroatoms. The lowest BCUT2D eigenvalue weighted by Crippen LogP contribution is -2.22. The Morgan fingerprint density at radius 1 is 1.14 bits per heavy atom. The van der Waals surface area contributed by atoms with Gasteiger partial charge in [0.25, 0.3) is 0 Å². The van der Waals surface area contributed by atoms with Gasteiger partial charge in [0.1, 0.15) is 11.5 Å². The number of carbonyl (C=O) groups excluding carboxylic acids is 1. The predicted molar refractivity (Wildman–Crippen MR) is 70.4 cm³/mol. The van der Waals surface area contributed by atoms with E-state index in [0.29, 0.717) is 0 Å². The summed E-state index contributed by atoms with van der Waals surface area (Å²) in [5.74, 6) is -0.878. The van der Waals surface area contributed by atoms with E-state index in [1.165, 1.54) is 43.5 Å². The predicted octanol–water partition coefficient (Wildman–Crippen LogP) is 3.31. The van der Waals surface area contributed by atoms with Gasteiger partial charge in [-0.25, -0.2) is 4.79 Å². The highest BCUT2D eigenvalue weighted by Crippen LogP contribution is 2.32. The SMILES string of the molecule is COC(=O)c1cccc(C(F)(F)Oc2ccc(O)cc2)c1. The van der Waals surface area contributed by atoms with Gasteiger partial charge in [0, 0.05) is 0 Å². The summed E-state index contributed by atoms with van der Waals surface area (Å²) >= 11 is 0. The highest BCUT2D eigenvalue weighted by Gasteiger charge is 2.35. The van der Waals surface area contributed by atoms with E-state index in [4.69, 9.17) is 5.11 Å². The number of hydrogen-bond donors (Lipinski definition) is 1. The van der Waals surface area contributed by atoms with Crippen LogP contribution in [0.15, 0.2) is 48.5 Å². The third kappa shape index (κ3) is 3.47. The Kier molecular flexibility index (Phi) is 4.07. The van der Waals surface area contributed by atoms with E-state index >= 15 is 0 Å². The average molecular weight is 294 g/mol. The van der Waals surface area contributed by atoms with E-state index in [9.17, 15) is 13.6 Å². The number of ether oxygens (including phenoxy) is 2. The lowest BCUT2D eigenvalue weighted by Gasteiger charge is -2.18. The number of benzene rings is 2. The van der Waals surface area contributed by atoms with Crippen molar-refractivity contribution < 1.29 is 28.2 Å². The molecule has 0 aliphatic heterocycles. The molecule has 0 heterocycles. The second-order valence-corrected chi connectivity index (χ2v) is 4.19. The summed E-state index contributed by atoms with van der Waals surface area (Å²) in [6.07, 6.45) is -3.62. The summed E-state index contributed by atoms with van der Waals surface area (Å²) in [5.41, 5.74) is -0.470. The third-order valence-corrected chi connectivity index (χ3v) is 2.70. The van der Waals surface area contributed by atoms with Crippen molar-refractivity contribution in [2.45, 2.75) is 6.11 Å². The molecule has 1 N–H and O–H groups in total. The summed E-state index contributed by atoms with van der Waals surface area (Å²) in [4.78, 5) is 11.4. The minimum Gasteiger partial charge on any atom is -0.508 e. The molecule has 0 aromatic heterocycles. The molecule has 2 aromatic rings. The van der Waals surface area contributed by atoms with Crippen LogP contribution in [0.25, 0.3) is 0 Å². The second-order valence-electron chi connectivity index (χ2n) is 4.19. The lowest BCUT2D eigenvalue weighted by molar-refractivity contribution is -0.185. The minimum absolute atomic E-state index is 0.00369. The standard InChI is InChI=1S/C15H12F2O4/c1-20-14(19)10-3-2-4-11(9-10)15(16,17)21-13-7-5-12(18)6-8-13/h2-9,18H,1H3. The normalized spacial score (nSPS) is 11.0. The number of halogens is 2. The number of alkyl halides is 2. The molecule has 0 bridgehead atoms. The molecule has 0 saturated carbocycles. The summed E-state index contributed by atoms with van der Waals surface area (Å²) in [7, 11) is 1.17. The van der Waals surface area contributed by atoms with Gasteiger partial charge in [-0.3, -0.25) is 0 Å². The van der Waals surface area contributed by atoms with Crippen LogP contribution in [0.3, 0.4) is 0 Å². The van der Waals surface area contributed by atoms with Gasteiger partial charge in [-0.2, -0.15) is 8.78 Å². The number of carbonyl (C=O) groups is 1. The Balaban J connectivity index is 2.26. The Hall–Kier alpha value is -2.63. The second kappa shape index (κ2) is 5.78. The first-order valence-electron chi connectivity index (χ1n) is 5.97. The smallest absolute Gasteiger partial charge is 0.426 e. The molecule has 4 nitrogen and oxygen atoms in total. The van der Waals surface area contributed by atoms with Gasteiger partial charge in [-0.1, -0.05) is 6.07 Å². The first-order chi connectivity index (χ1) is 9.92. The van der Waals surface area contributed by atoms with Crippen LogP contribution in [0, 0.1) is 0 Å². The van der Waals surface area contributed by atoms with Crippen molar-refractivity contribution in [3.63, 3.8) is 0 Å². The van der Waals surface area contributed by atoms with E-state index in [0.717, 1.165) is 12.1 Å². The van der Waals surface area contributed by atoms with Crippen molar-refractivity contribution in [3.05, 3.63) is 59.7 Å². The van der Waals surface area contributed by atoms with Gasteiger partial charge < -0.3 is 14.6 Å². The molecular weight excluding hydrogens is 282 g/mol. The first kappa shape index (κ1) is 14.8. The van der Waals surface area contributed by atoms with Crippen LogP contribution in [0.1, 0.15) is 15.9 Å². The molecule has 21 heavy (non-hydrogen) atoms. The molecule has 2 aromatic carbocycles. The highest BCUT2D eigenvalue weighted by atomic mass is 19.3. The molecule has 0 fully saturated rings. The van der Waals surface area contributed by atoms with Gasteiger partial charge in [0.05, 0.1) is 18.2 Å². The number of phenols is 1. The van der Waals surface area contributed by atoms with Gasteiger partial charge in [-0.15, -0.1) is 0 Å². The molecular formula is C15H12F2O4. The number of rotatable bonds is 4. The summed E-state index contributed by atoms with van der Waals surface area (Å²) < 4.78 is 37.2. The van der Waals surface area contributed by atoms with Crippen LogP contribution in [0.2, 0.25) is 0 Å². The van der Waals surface area contributed by atoms with Crippen molar-refractivity contribution in [2.24, 2.45) is 0 Å². The Morgan fingerprint density at radius 3 is 2.43 bits per heavy atom. The Morgan fingerprint density at radius 2 is 1.81 bits per heavy atom. The molecule has 110 valence electrons. The molecule has 0 saturated heterocycles. The monoisotopic (exact) mass is 294 g/mol. The first-order valence-corrected chi connectivity index (χ1v) is 5.97. The minimum atomic E-state index is -3.62. The third-order valence-electron chi connectivity index (χ3n) is 2.70. The van der Waals surface area contributed by atoms with E-state index in [2.05, 4.69) is 9.47 Å². The van der Waals surface area contributed by atoms with Crippen molar-refractivity contribution in [3.8, 4) is 11.5 Å². The average Bonchev–Trinajstić information content (AvgIpc) is 2.49. The molecule has 0 amide bonds. The molecule has 0 aliphatic carbocycles. The largest absolute Gasteiger partial charge is 0.508 e. The van der Waals surface area contributed by atoms with Crippen LogP contribution in [-0.2, 0) is 10.8 Å². The summed E-state index contributed by atoms with van der Waals surface area (Å²) in [6, 6.07) is 9.73. The van der Waals surface area contributed by atoms with E-state index in [1.807, 2.05) is 0 Å². The van der Waals surface area contributed by atoms with Crippen LogP contribution >= 0.6 is 0 Å². The molecule has 0 atom stereocenters. The molecule has 0 unspecified atom stereocenters. The number of esters is 1. The number of phenolic OH excluding ortho intramolecular Hbond substituents is 1. The van der Waals surface area contributed by atoms with Gasteiger partial charge in [-0.05, 0) is 42.5 Å². The quantitative estimate of drug-likeness (QED) is 0.879. The van der Waals surface area contributed by atoms with E-state index in [1.54, 1.807) is 0 Å².